The predicted molar refractivity (Wildman–Crippen MR) is 70.9 cm³/mol. The van der Waals surface area contributed by atoms with Gasteiger partial charge in [-0.1, -0.05) is 18.9 Å². The quantitative estimate of drug-likeness (QED) is 0.892. The van der Waals surface area contributed by atoms with Crippen molar-refractivity contribution in [2.24, 2.45) is 17.8 Å². The number of aromatic carboxylic acids is 1. The molecule has 5 heteroatoms. The van der Waals surface area contributed by atoms with Gasteiger partial charge in [0, 0.05) is 5.92 Å². The number of fused-ring (bicyclic) bond motifs is 1. The number of nitrogens with one attached hydrogen (secondary N) is 1. The molecule has 1 aromatic rings. The van der Waals surface area contributed by atoms with E-state index >= 15 is 0 Å². The van der Waals surface area contributed by atoms with Crippen LogP contribution in [-0.2, 0) is 4.79 Å². The molecule has 106 valence electrons. The van der Waals surface area contributed by atoms with Crippen molar-refractivity contribution < 1.29 is 19.1 Å². The maximum atomic E-state index is 13.7. The van der Waals surface area contributed by atoms with Gasteiger partial charge in [0.05, 0.1) is 11.3 Å². The van der Waals surface area contributed by atoms with Crippen molar-refractivity contribution in [2.75, 3.05) is 5.32 Å². The van der Waals surface area contributed by atoms with Gasteiger partial charge in [0.25, 0.3) is 0 Å². The van der Waals surface area contributed by atoms with Crippen LogP contribution in [0.2, 0.25) is 0 Å². The van der Waals surface area contributed by atoms with Gasteiger partial charge in [-0.25, -0.2) is 9.18 Å². The minimum Gasteiger partial charge on any atom is -0.478 e. The van der Waals surface area contributed by atoms with E-state index in [0.717, 1.165) is 31.7 Å². The first-order valence-electron chi connectivity index (χ1n) is 6.92. The molecule has 0 heterocycles. The number of para-hydroxylation sites is 1. The monoisotopic (exact) mass is 277 g/mol. The van der Waals surface area contributed by atoms with Crippen LogP contribution in [0.15, 0.2) is 18.2 Å². The number of carbonyl (C=O) groups excluding carboxylic acids is 1. The summed E-state index contributed by atoms with van der Waals surface area (Å²) in [6.07, 6.45) is 4.38. The molecule has 0 radical (unpaired) electrons. The molecule has 2 aliphatic rings. The highest BCUT2D eigenvalue weighted by atomic mass is 19.1. The molecule has 2 atom stereocenters. The SMILES string of the molecule is O=C(O)c1cccc(F)c1NC(=O)C1C2CCCCC21. The standard InChI is InChI=1S/C15H16FNO3/c16-11-7-3-6-10(15(19)20)13(11)17-14(18)12-8-4-1-2-5-9(8)12/h3,6-9,12H,1-2,4-5H2,(H,17,18)(H,19,20). The Bertz CT molecular complexity index is 560. The van der Waals surface area contributed by atoms with Crippen LogP contribution in [0.4, 0.5) is 10.1 Å². The van der Waals surface area contributed by atoms with Crippen LogP contribution in [0.1, 0.15) is 36.0 Å². The first kappa shape index (κ1) is 13.1. The van der Waals surface area contributed by atoms with E-state index in [1.165, 1.54) is 12.1 Å². The third-order valence-corrected chi connectivity index (χ3v) is 4.45. The Labute approximate surface area is 116 Å². The second-order valence-electron chi connectivity index (χ2n) is 5.59. The minimum absolute atomic E-state index is 0.0706. The maximum absolute atomic E-state index is 13.7. The summed E-state index contributed by atoms with van der Waals surface area (Å²) in [5.41, 5.74) is -0.421. The van der Waals surface area contributed by atoms with E-state index in [1.54, 1.807) is 0 Å². The van der Waals surface area contributed by atoms with Gasteiger partial charge in [0.1, 0.15) is 5.82 Å². The number of carboxylic acids is 1. The Kier molecular flexibility index (Phi) is 3.20. The highest BCUT2D eigenvalue weighted by Gasteiger charge is 2.54. The summed E-state index contributed by atoms with van der Waals surface area (Å²) in [5.74, 6) is -1.45. The molecule has 0 saturated heterocycles. The number of amides is 1. The lowest BCUT2D eigenvalue weighted by Gasteiger charge is -2.09. The largest absolute Gasteiger partial charge is 0.478 e. The highest BCUT2D eigenvalue weighted by molar-refractivity contribution is 6.02. The Balaban J connectivity index is 1.78. The van der Waals surface area contributed by atoms with E-state index in [-0.39, 0.29) is 23.1 Å². The first-order chi connectivity index (χ1) is 9.59. The van der Waals surface area contributed by atoms with E-state index in [1.807, 2.05) is 0 Å². The van der Waals surface area contributed by atoms with Gasteiger partial charge in [0.15, 0.2) is 0 Å². The van der Waals surface area contributed by atoms with Gasteiger partial charge < -0.3 is 10.4 Å². The van der Waals surface area contributed by atoms with E-state index in [4.69, 9.17) is 5.11 Å². The smallest absolute Gasteiger partial charge is 0.337 e. The molecule has 2 saturated carbocycles. The molecule has 3 rings (SSSR count). The molecule has 2 fully saturated rings. The molecule has 1 amide bonds. The van der Waals surface area contributed by atoms with Crippen molar-refractivity contribution in [3.05, 3.63) is 29.6 Å². The zero-order chi connectivity index (χ0) is 14.3. The minimum atomic E-state index is -1.24. The topological polar surface area (TPSA) is 66.4 Å². The van der Waals surface area contributed by atoms with Crippen molar-refractivity contribution in [3.63, 3.8) is 0 Å². The second kappa shape index (κ2) is 4.89. The number of rotatable bonds is 3. The number of anilines is 1. The fourth-order valence-electron chi connectivity index (χ4n) is 3.42. The molecule has 2 N–H and O–H groups in total. The van der Waals surface area contributed by atoms with E-state index < -0.39 is 11.8 Å². The molecule has 4 nitrogen and oxygen atoms in total. The first-order valence-corrected chi connectivity index (χ1v) is 6.92. The summed E-state index contributed by atoms with van der Waals surface area (Å²) in [6.45, 7) is 0. The van der Waals surface area contributed by atoms with Crippen LogP contribution in [-0.4, -0.2) is 17.0 Å². The van der Waals surface area contributed by atoms with E-state index in [2.05, 4.69) is 5.32 Å². The summed E-state index contributed by atoms with van der Waals surface area (Å²) in [4.78, 5) is 23.3. The molecule has 2 aliphatic carbocycles. The summed E-state index contributed by atoms with van der Waals surface area (Å²) < 4.78 is 13.7. The van der Waals surface area contributed by atoms with Gasteiger partial charge >= 0.3 is 5.97 Å². The van der Waals surface area contributed by atoms with Gasteiger partial charge in [-0.15, -0.1) is 0 Å². The van der Waals surface area contributed by atoms with Crippen molar-refractivity contribution in [1.29, 1.82) is 0 Å². The zero-order valence-electron chi connectivity index (χ0n) is 10.9. The van der Waals surface area contributed by atoms with E-state index in [9.17, 15) is 14.0 Å². The van der Waals surface area contributed by atoms with Crippen LogP contribution in [0.25, 0.3) is 0 Å². The highest BCUT2D eigenvalue weighted by Crippen LogP contribution is 2.55. The predicted octanol–water partition coefficient (Wildman–Crippen LogP) is 2.90. The normalized spacial score (nSPS) is 27.6. The summed E-state index contributed by atoms with van der Waals surface area (Å²) >= 11 is 0. The van der Waals surface area contributed by atoms with Gasteiger partial charge in [-0.3, -0.25) is 4.79 Å². The van der Waals surface area contributed by atoms with Crippen LogP contribution in [0, 0.1) is 23.6 Å². The number of carbonyl (C=O) groups is 2. The van der Waals surface area contributed by atoms with Gasteiger partial charge in [-0.05, 0) is 36.8 Å². The molecule has 0 aliphatic heterocycles. The van der Waals surface area contributed by atoms with E-state index in [0.29, 0.717) is 11.8 Å². The Morgan fingerprint density at radius 2 is 1.85 bits per heavy atom. The molecule has 0 spiro atoms. The third-order valence-electron chi connectivity index (χ3n) is 4.45. The maximum Gasteiger partial charge on any atom is 0.337 e. The number of halogens is 1. The number of carboxylic acid groups (broad SMARTS) is 1. The molecule has 0 bridgehead atoms. The molecule has 0 aromatic heterocycles. The molecule has 20 heavy (non-hydrogen) atoms. The van der Waals surface area contributed by atoms with Crippen LogP contribution < -0.4 is 5.32 Å². The average Bonchev–Trinajstić information content (AvgIpc) is 3.15. The summed E-state index contributed by atoms with van der Waals surface area (Å²) in [7, 11) is 0. The average molecular weight is 277 g/mol. The number of hydrogen-bond acceptors (Lipinski definition) is 2. The fraction of sp³-hybridized carbons (Fsp3) is 0.467. The lowest BCUT2D eigenvalue weighted by molar-refractivity contribution is -0.117. The summed E-state index contributed by atoms with van der Waals surface area (Å²) in [6, 6.07) is 3.77. The third kappa shape index (κ3) is 2.17. The zero-order valence-corrected chi connectivity index (χ0v) is 10.9. The van der Waals surface area contributed by atoms with Gasteiger partial charge in [0.2, 0.25) is 5.91 Å². The van der Waals surface area contributed by atoms with Crippen molar-refractivity contribution in [2.45, 2.75) is 25.7 Å². The lowest BCUT2D eigenvalue weighted by atomic mass is 10.0. The van der Waals surface area contributed by atoms with Crippen molar-refractivity contribution >= 4 is 17.6 Å². The molecule has 2 unspecified atom stereocenters. The van der Waals surface area contributed by atoms with Crippen molar-refractivity contribution in [1.82, 2.24) is 0 Å². The number of benzene rings is 1. The molecular weight excluding hydrogens is 261 g/mol. The Hall–Kier alpha value is -1.91. The summed E-state index contributed by atoms with van der Waals surface area (Å²) in [5, 5.41) is 11.5. The van der Waals surface area contributed by atoms with Crippen LogP contribution in [0.3, 0.4) is 0 Å². The van der Waals surface area contributed by atoms with Crippen LogP contribution >= 0.6 is 0 Å². The Morgan fingerprint density at radius 3 is 2.45 bits per heavy atom. The number of hydrogen-bond donors (Lipinski definition) is 2. The molecule has 1 aromatic carbocycles. The molecular formula is C15H16FNO3. The lowest BCUT2D eigenvalue weighted by Crippen LogP contribution is -2.19. The second-order valence-corrected chi connectivity index (χ2v) is 5.59. The Morgan fingerprint density at radius 1 is 1.20 bits per heavy atom. The van der Waals surface area contributed by atoms with Crippen molar-refractivity contribution in [3.8, 4) is 0 Å². The van der Waals surface area contributed by atoms with Crippen LogP contribution in [0.5, 0.6) is 0 Å². The fourth-order valence-corrected chi connectivity index (χ4v) is 3.42. The van der Waals surface area contributed by atoms with Gasteiger partial charge in [-0.2, -0.15) is 0 Å².